The Morgan fingerprint density at radius 3 is 2.78 bits per heavy atom. The predicted molar refractivity (Wildman–Crippen MR) is 141 cm³/mol. The van der Waals surface area contributed by atoms with Crippen LogP contribution >= 0.6 is 0 Å². The summed E-state index contributed by atoms with van der Waals surface area (Å²) in [7, 11) is 3.55. The zero-order valence-electron chi connectivity index (χ0n) is 21.9. The third-order valence-corrected chi connectivity index (χ3v) is 6.62. The van der Waals surface area contributed by atoms with Crippen molar-refractivity contribution in [1.29, 1.82) is 0 Å². The maximum absolute atomic E-state index is 13.3. The van der Waals surface area contributed by atoms with E-state index in [9.17, 15) is 18.7 Å². The van der Waals surface area contributed by atoms with E-state index in [1.54, 1.807) is 42.6 Å². The Morgan fingerprint density at radius 2 is 2.00 bits per heavy atom. The molecule has 1 saturated heterocycles. The number of amides is 1. The largest absolute Gasteiger partial charge is 0.454 e. The van der Waals surface area contributed by atoms with Crippen molar-refractivity contribution in [3.8, 4) is 28.5 Å². The van der Waals surface area contributed by atoms with Crippen LogP contribution in [0.25, 0.3) is 16.9 Å². The Morgan fingerprint density at radius 1 is 1.15 bits per heavy atom. The zero-order chi connectivity index (χ0) is 28.7. The van der Waals surface area contributed by atoms with E-state index < -0.39 is 18.6 Å². The van der Waals surface area contributed by atoms with Gasteiger partial charge < -0.3 is 24.8 Å². The van der Waals surface area contributed by atoms with E-state index in [1.807, 2.05) is 11.9 Å². The second kappa shape index (κ2) is 10.6. The molecule has 2 N–H and O–H groups in total. The SMILES string of the molecule is CN1CC(O)C(n2cc(Oc3ccc(OC(F)F)c(-c4nn(C)cc4NC(=O)c4cnn5cccnc45)c3)cn2)C1. The zero-order valence-corrected chi connectivity index (χ0v) is 21.9. The summed E-state index contributed by atoms with van der Waals surface area (Å²) in [6, 6.07) is 5.76. The minimum absolute atomic E-state index is 0.160. The quantitative estimate of drug-likeness (QED) is 0.291. The summed E-state index contributed by atoms with van der Waals surface area (Å²) in [5, 5.41) is 25.9. The molecule has 4 aromatic heterocycles. The molecule has 0 radical (unpaired) electrons. The number of rotatable bonds is 8. The van der Waals surface area contributed by atoms with E-state index in [0.717, 1.165) is 0 Å². The number of fused-ring (bicyclic) bond motifs is 1. The van der Waals surface area contributed by atoms with Crippen LogP contribution in [0.5, 0.6) is 17.2 Å². The summed E-state index contributed by atoms with van der Waals surface area (Å²) in [5.74, 6) is 0.00577. The number of benzene rings is 1. The highest BCUT2D eigenvalue weighted by Gasteiger charge is 2.31. The van der Waals surface area contributed by atoms with Gasteiger partial charge in [0.25, 0.3) is 5.91 Å². The third-order valence-electron chi connectivity index (χ3n) is 6.62. The lowest BCUT2D eigenvalue weighted by Crippen LogP contribution is -2.22. The van der Waals surface area contributed by atoms with Crippen molar-refractivity contribution in [3.05, 3.63) is 67.0 Å². The standard InChI is InChI=1S/C26H25F2N9O4/c1-34-13-20(21(38)14-34)37-11-16(9-30-37)40-15-4-5-22(41-26(27)28)17(8-15)23-19(12-35(2)33-23)32-25(39)18-10-31-36-7-3-6-29-24(18)36/h3-12,20-21,26,38H,13-14H2,1-2H3,(H,32,39). The summed E-state index contributed by atoms with van der Waals surface area (Å²) in [6.07, 6.45) is 8.72. The van der Waals surface area contributed by atoms with Crippen LogP contribution in [0.3, 0.4) is 0 Å². The Kier molecular flexibility index (Phi) is 6.80. The average molecular weight is 566 g/mol. The number of halogens is 2. The molecular formula is C26H25F2N9O4. The molecule has 5 heterocycles. The van der Waals surface area contributed by atoms with Gasteiger partial charge in [0.05, 0.1) is 42.0 Å². The van der Waals surface area contributed by atoms with E-state index >= 15 is 0 Å². The van der Waals surface area contributed by atoms with Gasteiger partial charge in [0.2, 0.25) is 0 Å². The van der Waals surface area contributed by atoms with Crippen LogP contribution in [0, 0.1) is 0 Å². The molecule has 1 aliphatic rings. The molecule has 6 rings (SSSR count). The number of aliphatic hydroxyl groups is 1. The number of ether oxygens (including phenoxy) is 2. The number of alkyl halides is 2. The first kappa shape index (κ1) is 26.3. The van der Waals surface area contributed by atoms with Gasteiger partial charge in [0.15, 0.2) is 11.4 Å². The van der Waals surface area contributed by atoms with E-state index in [1.165, 1.54) is 39.8 Å². The van der Waals surface area contributed by atoms with Crippen LogP contribution in [0.15, 0.2) is 61.4 Å². The van der Waals surface area contributed by atoms with Gasteiger partial charge in [-0.15, -0.1) is 0 Å². The Balaban J connectivity index is 1.30. The first-order valence-electron chi connectivity index (χ1n) is 12.6. The van der Waals surface area contributed by atoms with Gasteiger partial charge in [-0.05, 0) is 31.3 Å². The highest BCUT2D eigenvalue weighted by atomic mass is 19.3. The van der Waals surface area contributed by atoms with Gasteiger partial charge >= 0.3 is 6.61 Å². The minimum atomic E-state index is -3.10. The smallest absolute Gasteiger partial charge is 0.387 e. The molecule has 1 aromatic carbocycles. The second-order valence-corrected chi connectivity index (χ2v) is 9.62. The van der Waals surface area contributed by atoms with Crippen molar-refractivity contribution in [2.75, 3.05) is 25.5 Å². The molecule has 1 fully saturated rings. The fraction of sp³-hybridized carbons (Fsp3) is 0.269. The Labute approximate surface area is 231 Å². The predicted octanol–water partition coefficient (Wildman–Crippen LogP) is 2.82. The number of aliphatic hydroxyl groups excluding tert-OH is 1. The van der Waals surface area contributed by atoms with Crippen molar-refractivity contribution in [2.24, 2.45) is 7.05 Å². The highest BCUT2D eigenvalue weighted by Crippen LogP contribution is 2.39. The lowest BCUT2D eigenvalue weighted by atomic mass is 10.1. The Hall–Kier alpha value is -4.89. The number of nitrogens with one attached hydrogen (secondary N) is 1. The number of likely N-dealkylation sites (N-methyl/N-ethyl adjacent to an activating group) is 1. The number of aromatic nitrogens is 7. The van der Waals surface area contributed by atoms with Gasteiger partial charge in [-0.3, -0.25) is 14.2 Å². The maximum atomic E-state index is 13.3. The molecule has 15 heteroatoms. The van der Waals surface area contributed by atoms with Gasteiger partial charge in [-0.25, -0.2) is 9.50 Å². The number of hydrogen-bond donors (Lipinski definition) is 2. The van der Waals surface area contributed by atoms with Crippen molar-refractivity contribution in [2.45, 2.75) is 18.8 Å². The number of likely N-dealkylation sites (tertiary alicyclic amines) is 1. The molecule has 0 saturated carbocycles. The summed E-state index contributed by atoms with van der Waals surface area (Å²) < 4.78 is 41.9. The van der Waals surface area contributed by atoms with E-state index in [0.29, 0.717) is 30.2 Å². The van der Waals surface area contributed by atoms with Crippen molar-refractivity contribution >= 4 is 17.2 Å². The summed E-state index contributed by atoms with van der Waals surface area (Å²) in [6.45, 7) is -1.93. The number of carbonyl (C=O) groups excluding carboxylic acids is 1. The topological polar surface area (TPSA) is 137 Å². The van der Waals surface area contributed by atoms with Crippen LogP contribution in [-0.2, 0) is 7.05 Å². The van der Waals surface area contributed by atoms with E-state index in [2.05, 4.69) is 25.6 Å². The number of aryl methyl sites for hydroxylation is 1. The van der Waals surface area contributed by atoms with Crippen molar-refractivity contribution in [1.82, 2.24) is 39.1 Å². The molecule has 5 aromatic rings. The first-order valence-corrected chi connectivity index (χ1v) is 12.6. The van der Waals surface area contributed by atoms with Crippen molar-refractivity contribution in [3.63, 3.8) is 0 Å². The fourth-order valence-electron chi connectivity index (χ4n) is 4.82. The van der Waals surface area contributed by atoms with Crippen LogP contribution in [0.4, 0.5) is 14.5 Å². The number of nitrogens with zero attached hydrogens (tertiary/aromatic N) is 8. The molecule has 212 valence electrons. The molecule has 1 amide bonds. The van der Waals surface area contributed by atoms with Crippen LogP contribution in [0.2, 0.25) is 0 Å². The number of hydrogen-bond acceptors (Lipinski definition) is 9. The third kappa shape index (κ3) is 5.31. The lowest BCUT2D eigenvalue weighted by Gasteiger charge is -2.14. The maximum Gasteiger partial charge on any atom is 0.387 e. The molecule has 13 nitrogen and oxygen atoms in total. The van der Waals surface area contributed by atoms with Crippen LogP contribution in [0.1, 0.15) is 16.4 Å². The van der Waals surface area contributed by atoms with E-state index in [4.69, 9.17) is 9.47 Å². The molecule has 2 atom stereocenters. The molecule has 0 aliphatic carbocycles. The minimum Gasteiger partial charge on any atom is -0.454 e. The molecule has 0 spiro atoms. The normalized spacial score (nSPS) is 17.4. The fourth-order valence-corrected chi connectivity index (χ4v) is 4.82. The number of carbonyl (C=O) groups is 1. The molecular weight excluding hydrogens is 540 g/mol. The molecule has 2 unspecified atom stereocenters. The summed E-state index contributed by atoms with van der Waals surface area (Å²) in [4.78, 5) is 19.4. The van der Waals surface area contributed by atoms with Crippen LogP contribution in [-0.4, -0.2) is 82.9 Å². The van der Waals surface area contributed by atoms with Gasteiger partial charge in [0, 0.05) is 38.7 Å². The lowest BCUT2D eigenvalue weighted by molar-refractivity contribution is -0.0494. The summed E-state index contributed by atoms with van der Waals surface area (Å²) >= 11 is 0. The molecule has 41 heavy (non-hydrogen) atoms. The van der Waals surface area contributed by atoms with Gasteiger partial charge in [-0.2, -0.15) is 24.1 Å². The van der Waals surface area contributed by atoms with Gasteiger partial charge in [0.1, 0.15) is 22.8 Å². The number of anilines is 1. The Bertz CT molecular complexity index is 1720. The first-order chi connectivity index (χ1) is 19.7. The van der Waals surface area contributed by atoms with Gasteiger partial charge in [-0.1, -0.05) is 0 Å². The van der Waals surface area contributed by atoms with Crippen LogP contribution < -0.4 is 14.8 Å². The van der Waals surface area contributed by atoms with Crippen molar-refractivity contribution < 1.29 is 28.2 Å². The number of β-amino-alcohol motifs (C(OH)–C–C–N with tert-alkyl or cyclic N) is 1. The summed E-state index contributed by atoms with van der Waals surface area (Å²) in [5.41, 5.74) is 1.16. The van der Waals surface area contributed by atoms with E-state index in [-0.39, 0.29) is 34.3 Å². The monoisotopic (exact) mass is 565 g/mol. The second-order valence-electron chi connectivity index (χ2n) is 9.62. The highest BCUT2D eigenvalue weighted by molar-refractivity contribution is 6.09. The molecule has 0 bridgehead atoms. The average Bonchev–Trinajstić information content (AvgIpc) is 3.71. The molecule has 1 aliphatic heterocycles.